The summed E-state index contributed by atoms with van der Waals surface area (Å²) in [6, 6.07) is 8.26. The fourth-order valence-electron chi connectivity index (χ4n) is 2.10. The molecule has 0 aromatic heterocycles. The van der Waals surface area contributed by atoms with Crippen molar-refractivity contribution in [2.75, 3.05) is 11.9 Å². The summed E-state index contributed by atoms with van der Waals surface area (Å²) in [7, 11) is 0. The molecule has 2 rings (SSSR count). The van der Waals surface area contributed by atoms with E-state index in [1.807, 2.05) is 6.07 Å². The van der Waals surface area contributed by atoms with Crippen LogP contribution in [0, 0.1) is 11.3 Å². The maximum absolute atomic E-state index is 12.0. The Hall–Kier alpha value is -2.88. The molecule has 0 aliphatic carbocycles. The third-order valence-corrected chi connectivity index (χ3v) is 3.27. The summed E-state index contributed by atoms with van der Waals surface area (Å²) >= 11 is 0. The molecule has 1 heterocycles. The number of hydrogen-bond acceptors (Lipinski definition) is 4. The first-order valence-electron chi connectivity index (χ1n) is 6.73. The Morgan fingerprint density at radius 2 is 1.95 bits per heavy atom. The van der Waals surface area contributed by atoms with Gasteiger partial charge in [-0.25, -0.2) is 4.79 Å². The van der Waals surface area contributed by atoms with Crippen molar-refractivity contribution in [2.45, 2.75) is 25.8 Å². The van der Waals surface area contributed by atoms with Crippen molar-refractivity contribution < 1.29 is 14.4 Å². The lowest BCUT2D eigenvalue weighted by Gasteiger charge is -2.15. The predicted molar refractivity (Wildman–Crippen MR) is 78.7 cm³/mol. The van der Waals surface area contributed by atoms with Gasteiger partial charge in [0.1, 0.15) is 12.1 Å². The molecule has 1 aromatic carbocycles. The topological polar surface area (TPSA) is 102 Å². The van der Waals surface area contributed by atoms with Crippen LogP contribution < -0.4 is 10.6 Å². The molecule has 1 fully saturated rings. The Morgan fingerprint density at radius 3 is 2.45 bits per heavy atom. The molecule has 0 bridgehead atoms. The lowest BCUT2D eigenvalue weighted by molar-refractivity contribution is -0.132. The van der Waals surface area contributed by atoms with Gasteiger partial charge in [0, 0.05) is 5.69 Å². The van der Waals surface area contributed by atoms with E-state index in [1.54, 1.807) is 38.1 Å². The van der Waals surface area contributed by atoms with Gasteiger partial charge in [0.15, 0.2) is 0 Å². The van der Waals surface area contributed by atoms with Gasteiger partial charge in [-0.05, 0) is 31.5 Å². The van der Waals surface area contributed by atoms with E-state index < -0.39 is 23.4 Å². The Balaban J connectivity index is 1.97. The first-order chi connectivity index (χ1) is 10.3. The predicted octanol–water partition coefficient (Wildman–Crippen LogP) is 1.02. The molecule has 0 spiro atoms. The van der Waals surface area contributed by atoms with E-state index in [9.17, 15) is 14.4 Å². The van der Waals surface area contributed by atoms with E-state index in [1.165, 1.54) is 0 Å². The highest BCUT2D eigenvalue weighted by Gasteiger charge is 2.44. The molecule has 1 aliphatic heterocycles. The number of rotatable bonds is 4. The molecule has 22 heavy (non-hydrogen) atoms. The van der Waals surface area contributed by atoms with Crippen molar-refractivity contribution in [1.29, 1.82) is 5.26 Å². The molecule has 2 N–H and O–H groups in total. The van der Waals surface area contributed by atoms with Gasteiger partial charge in [0.25, 0.3) is 5.91 Å². The van der Waals surface area contributed by atoms with E-state index in [0.717, 1.165) is 10.5 Å². The monoisotopic (exact) mass is 300 g/mol. The third-order valence-electron chi connectivity index (χ3n) is 3.27. The highest BCUT2D eigenvalue weighted by molar-refractivity contribution is 6.09. The molecule has 7 heteroatoms. The standard InChI is InChI=1S/C15H16N4O3/c1-15(2)13(21)19(14(22)18-15)9-12(20)17-11-5-3-10(4-6-11)7-8-16/h3-6H,7,9H2,1-2H3,(H,17,20)(H,18,22). The Kier molecular flexibility index (Phi) is 4.13. The molecule has 1 aliphatic rings. The first-order valence-corrected chi connectivity index (χ1v) is 6.73. The quantitative estimate of drug-likeness (QED) is 0.810. The second-order valence-corrected chi connectivity index (χ2v) is 5.53. The molecular weight excluding hydrogens is 284 g/mol. The number of nitriles is 1. The smallest absolute Gasteiger partial charge is 0.325 e. The van der Waals surface area contributed by atoms with Crippen LogP contribution in [0.3, 0.4) is 0 Å². The van der Waals surface area contributed by atoms with Crippen LogP contribution in [0.25, 0.3) is 0 Å². The van der Waals surface area contributed by atoms with Gasteiger partial charge in [-0.1, -0.05) is 12.1 Å². The molecule has 0 atom stereocenters. The number of carbonyl (C=O) groups excluding carboxylic acids is 3. The largest absolute Gasteiger partial charge is 0.325 e. The van der Waals surface area contributed by atoms with Gasteiger partial charge >= 0.3 is 6.03 Å². The molecule has 7 nitrogen and oxygen atoms in total. The van der Waals surface area contributed by atoms with Crippen LogP contribution in [0.1, 0.15) is 19.4 Å². The summed E-state index contributed by atoms with van der Waals surface area (Å²) in [6.45, 7) is 2.83. The van der Waals surface area contributed by atoms with Crippen LogP contribution in [0.4, 0.5) is 10.5 Å². The van der Waals surface area contributed by atoms with Gasteiger partial charge in [0.2, 0.25) is 5.91 Å². The number of amides is 4. The highest BCUT2D eigenvalue weighted by atomic mass is 16.2. The zero-order valence-electron chi connectivity index (χ0n) is 12.3. The van der Waals surface area contributed by atoms with Gasteiger partial charge in [-0.15, -0.1) is 0 Å². The number of carbonyl (C=O) groups is 3. The molecule has 0 radical (unpaired) electrons. The first kappa shape index (κ1) is 15.5. The number of urea groups is 1. The maximum Gasteiger partial charge on any atom is 0.325 e. The summed E-state index contributed by atoms with van der Waals surface area (Å²) in [5, 5.41) is 13.7. The summed E-state index contributed by atoms with van der Waals surface area (Å²) in [5.41, 5.74) is 0.394. The molecule has 0 saturated carbocycles. The molecule has 0 unspecified atom stereocenters. The maximum atomic E-state index is 12.0. The summed E-state index contributed by atoms with van der Waals surface area (Å²) < 4.78 is 0. The van der Waals surface area contributed by atoms with E-state index >= 15 is 0 Å². The summed E-state index contributed by atoms with van der Waals surface area (Å²) in [6.07, 6.45) is 0.297. The number of nitrogens with zero attached hydrogens (tertiary/aromatic N) is 2. The fourth-order valence-corrected chi connectivity index (χ4v) is 2.10. The molecular formula is C15H16N4O3. The minimum atomic E-state index is -0.990. The van der Waals surface area contributed by atoms with Crippen LogP contribution in [-0.2, 0) is 16.0 Å². The van der Waals surface area contributed by atoms with Crippen molar-refractivity contribution in [3.8, 4) is 6.07 Å². The molecule has 1 aromatic rings. The van der Waals surface area contributed by atoms with Crippen LogP contribution in [0.15, 0.2) is 24.3 Å². The average Bonchev–Trinajstić information content (AvgIpc) is 2.63. The van der Waals surface area contributed by atoms with Crippen molar-refractivity contribution in [3.63, 3.8) is 0 Å². The van der Waals surface area contributed by atoms with Gasteiger partial charge < -0.3 is 10.6 Å². The third kappa shape index (κ3) is 3.23. The van der Waals surface area contributed by atoms with Crippen LogP contribution in [0.5, 0.6) is 0 Å². The molecule has 1 saturated heterocycles. The minimum absolute atomic E-state index is 0.297. The average molecular weight is 300 g/mol. The number of hydrogen-bond donors (Lipinski definition) is 2. The van der Waals surface area contributed by atoms with Gasteiger partial charge in [-0.2, -0.15) is 5.26 Å². The lowest BCUT2D eigenvalue weighted by Crippen LogP contribution is -2.41. The SMILES string of the molecule is CC1(C)NC(=O)N(CC(=O)Nc2ccc(CC#N)cc2)C1=O. The number of nitrogens with one attached hydrogen (secondary N) is 2. The van der Waals surface area contributed by atoms with Crippen molar-refractivity contribution >= 4 is 23.5 Å². The number of anilines is 1. The second-order valence-electron chi connectivity index (χ2n) is 5.53. The molecule has 114 valence electrons. The van der Waals surface area contributed by atoms with Crippen LogP contribution in [-0.4, -0.2) is 34.8 Å². The van der Waals surface area contributed by atoms with E-state index in [0.29, 0.717) is 12.1 Å². The highest BCUT2D eigenvalue weighted by Crippen LogP contribution is 2.16. The zero-order chi connectivity index (χ0) is 16.3. The van der Waals surface area contributed by atoms with Crippen molar-refractivity contribution in [1.82, 2.24) is 10.2 Å². The van der Waals surface area contributed by atoms with Crippen LogP contribution >= 0.6 is 0 Å². The van der Waals surface area contributed by atoms with Crippen molar-refractivity contribution in [3.05, 3.63) is 29.8 Å². The van der Waals surface area contributed by atoms with E-state index in [2.05, 4.69) is 10.6 Å². The van der Waals surface area contributed by atoms with Gasteiger partial charge in [-0.3, -0.25) is 14.5 Å². The number of benzene rings is 1. The van der Waals surface area contributed by atoms with Gasteiger partial charge in [0.05, 0.1) is 12.5 Å². The van der Waals surface area contributed by atoms with Crippen LogP contribution in [0.2, 0.25) is 0 Å². The minimum Gasteiger partial charge on any atom is -0.325 e. The second kappa shape index (κ2) is 5.85. The number of imide groups is 1. The fraction of sp³-hybridized carbons (Fsp3) is 0.333. The van der Waals surface area contributed by atoms with E-state index in [4.69, 9.17) is 5.26 Å². The summed E-state index contributed by atoms with van der Waals surface area (Å²) in [5.74, 6) is -0.897. The lowest BCUT2D eigenvalue weighted by atomic mass is 10.1. The Morgan fingerprint density at radius 1 is 1.32 bits per heavy atom. The Bertz CT molecular complexity index is 658. The Labute approximate surface area is 127 Å². The normalized spacial score (nSPS) is 16.1. The summed E-state index contributed by atoms with van der Waals surface area (Å²) in [4.78, 5) is 36.5. The van der Waals surface area contributed by atoms with Crippen molar-refractivity contribution in [2.24, 2.45) is 0 Å². The van der Waals surface area contributed by atoms with E-state index in [-0.39, 0.29) is 6.54 Å². The zero-order valence-corrected chi connectivity index (χ0v) is 12.3. The molecule has 4 amide bonds.